The first-order valence-electron chi connectivity index (χ1n) is 7.56. The Bertz CT molecular complexity index is 297. The highest BCUT2D eigenvalue weighted by molar-refractivity contribution is 5.83. The summed E-state index contributed by atoms with van der Waals surface area (Å²) in [6.45, 7) is 5.21. The van der Waals surface area contributed by atoms with Crippen LogP contribution in [0, 0.1) is 17.3 Å². The van der Waals surface area contributed by atoms with E-state index in [1.54, 1.807) is 0 Å². The molecule has 2 fully saturated rings. The second-order valence-corrected chi connectivity index (χ2v) is 6.75. The van der Waals surface area contributed by atoms with Gasteiger partial charge in [0.15, 0.2) is 0 Å². The maximum absolute atomic E-state index is 12.3. The Kier molecular flexibility index (Phi) is 4.31. The number of nitrogens with two attached hydrogens (primary N) is 1. The largest absolute Gasteiger partial charge is 0.355 e. The molecule has 2 saturated carbocycles. The van der Waals surface area contributed by atoms with Crippen LogP contribution in [0.25, 0.3) is 0 Å². The summed E-state index contributed by atoms with van der Waals surface area (Å²) in [5.74, 6) is 1.75. The minimum absolute atomic E-state index is 0.0453. The molecule has 3 N–H and O–H groups in total. The van der Waals surface area contributed by atoms with E-state index in [0.29, 0.717) is 5.92 Å². The fourth-order valence-corrected chi connectivity index (χ4v) is 3.45. The topological polar surface area (TPSA) is 55.1 Å². The third-order valence-electron chi connectivity index (χ3n) is 5.24. The lowest BCUT2D eigenvalue weighted by Crippen LogP contribution is -2.48. The van der Waals surface area contributed by atoms with Crippen LogP contribution in [0.4, 0.5) is 0 Å². The fourth-order valence-electron chi connectivity index (χ4n) is 3.45. The molecule has 0 bridgehead atoms. The van der Waals surface area contributed by atoms with Crippen molar-refractivity contribution in [3.8, 4) is 0 Å². The number of carbonyl (C=O) groups is 1. The highest BCUT2D eigenvalue weighted by Crippen LogP contribution is 2.37. The lowest BCUT2D eigenvalue weighted by molar-refractivity contribution is -0.130. The summed E-state index contributed by atoms with van der Waals surface area (Å²) in [6.07, 6.45) is 8.20. The first kappa shape index (κ1) is 13.9. The molecule has 2 rings (SSSR count). The first-order chi connectivity index (χ1) is 8.52. The average molecular weight is 252 g/mol. The average Bonchev–Trinajstić information content (AvgIpc) is 2.70. The van der Waals surface area contributed by atoms with Gasteiger partial charge in [-0.1, -0.05) is 26.2 Å². The molecule has 18 heavy (non-hydrogen) atoms. The van der Waals surface area contributed by atoms with Crippen molar-refractivity contribution in [1.82, 2.24) is 5.32 Å². The number of hydrogen-bond acceptors (Lipinski definition) is 2. The molecule has 0 spiro atoms. The van der Waals surface area contributed by atoms with Gasteiger partial charge in [0.2, 0.25) is 5.91 Å². The van der Waals surface area contributed by atoms with Crippen molar-refractivity contribution in [2.75, 3.05) is 6.54 Å². The van der Waals surface area contributed by atoms with Crippen LogP contribution in [0.3, 0.4) is 0 Å². The number of carbonyl (C=O) groups excluding carboxylic acids is 1. The molecule has 0 aliphatic heterocycles. The van der Waals surface area contributed by atoms with E-state index >= 15 is 0 Å². The van der Waals surface area contributed by atoms with Crippen molar-refractivity contribution < 1.29 is 4.79 Å². The molecular weight excluding hydrogens is 224 g/mol. The first-order valence-corrected chi connectivity index (χ1v) is 7.56. The molecule has 2 aliphatic carbocycles. The number of amides is 1. The predicted molar refractivity (Wildman–Crippen MR) is 74.1 cm³/mol. The molecule has 3 nitrogen and oxygen atoms in total. The maximum Gasteiger partial charge on any atom is 0.227 e. The van der Waals surface area contributed by atoms with Crippen LogP contribution in [0.2, 0.25) is 0 Å². The second kappa shape index (κ2) is 5.60. The SMILES string of the molecule is CC1CCC(CNC(=O)C2(C)CCCC2N)CC1. The van der Waals surface area contributed by atoms with Crippen LogP contribution in [0.1, 0.15) is 58.8 Å². The van der Waals surface area contributed by atoms with Crippen molar-refractivity contribution in [1.29, 1.82) is 0 Å². The highest BCUT2D eigenvalue weighted by atomic mass is 16.2. The Labute approximate surface area is 111 Å². The quantitative estimate of drug-likeness (QED) is 0.810. The Morgan fingerprint density at radius 2 is 1.94 bits per heavy atom. The zero-order chi connectivity index (χ0) is 13.2. The van der Waals surface area contributed by atoms with Crippen LogP contribution in [-0.4, -0.2) is 18.5 Å². The van der Waals surface area contributed by atoms with Crippen molar-refractivity contribution >= 4 is 5.91 Å². The zero-order valence-electron chi connectivity index (χ0n) is 11.9. The lowest BCUT2D eigenvalue weighted by Gasteiger charge is -2.30. The van der Waals surface area contributed by atoms with E-state index in [1.165, 1.54) is 25.7 Å². The van der Waals surface area contributed by atoms with Crippen molar-refractivity contribution in [3.63, 3.8) is 0 Å². The van der Waals surface area contributed by atoms with E-state index in [9.17, 15) is 4.79 Å². The summed E-state index contributed by atoms with van der Waals surface area (Å²) in [5.41, 5.74) is 5.76. The van der Waals surface area contributed by atoms with E-state index in [-0.39, 0.29) is 17.4 Å². The molecule has 2 aliphatic rings. The van der Waals surface area contributed by atoms with Crippen LogP contribution < -0.4 is 11.1 Å². The Morgan fingerprint density at radius 3 is 2.50 bits per heavy atom. The minimum atomic E-state index is -0.318. The Hall–Kier alpha value is -0.570. The van der Waals surface area contributed by atoms with E-state index in [4.69, 9.17) is 5.73 Å². The normalized spacial score (nSPS) is 40.7. The molecule has 0 aromatic rings. The molecule has 3 heteroatoms. The third-order valence-corrected chi connectivity index (χ3v) is 5.24. The summed E-state index contributed by atoms with van der Waals surface area (Å²) in [6, 6.07) is 0.0453. The van der Waals surface area contributed by atoms with Crippen LogP contribution >= 0.6 is 0 Å². The Balaban J connectivity index is 1.78. The Morgan fingerprint density at radius 1 is 1.28 bits per heavy atom. The molecule has 2 atom stereocenters. The smallest absolute Gasteiger partial charge is 0.227 e. The zero-order valence-corrected chi connectivity index (χ0v) is 11.9. The molecule has 1 amide bonds. The van der Waals surface area contributed by atoms with Gasteiger partial charge in [0.25, 0.3) is 0 Å². The summed E-state index contributed by atoms with van der Waals surface area (Å²) < 4.78 is 0. The van der Waals surface area contributed by atoms with Gasteiger partial charge in [-0.25, -0.2) is 0 Å². The van der Waals surface area contributed by atoms with Gasteiger partial charge >= 0.3 is 0 Å². The van der Waals surface area contributed by atoms with Gasteiger partial charge in [-0.05, 0) is 44.4 Å². The van der Waals surface area contributed by atoms with E-state index in [1.807, 2.05) is 6.92 Å². The van der Waals surface area contributed by atoms with Gasteiger partial charge in [-0.2, -0.15) is 0 Å². The highest BCUT2D eigenvalue weighted by Gasteiger charge is 2.42. The van der Waals surface area contributed by atoms with Crippen molar-refractivity contribution in [2.45, 2.75) is 64.8 Å². The minimum Gasteiger partial charge on any atom is -0.355 e. The van der Waals surface area contributed by atoms with Gasteiger partial charge in [0, 0.05) is 12.6 Å². The number of rotatable bonds is 3. The summed E-state index contributed by atoms with van der Waals surface area (Å²) in [7, 11) is 0. The molecular formula is C15H28N2O. The third kappa shape index (κ3) is 2.87. The lowest BCUT2D eigenvalue weighted by atomic mass is 9.82. The van der Waals surface area contributed by atoms with Crippen molar-refractivity contribution in [2.24, 2.45) is 23.0 Å². The van der Waals surface area contributed by atoms with Crippen molar-refractivity contribution in [3.05, 3.63) is 0 Å². The predicted octanol–water partition coefficient (Wildman–Crippen LogP) is 2.45. The van der Waals surface area contributed by atoms with Gasteiger partial charge < -0.3 is 11.1 Å². The van der Waals surface area contributed by atoms with Gasteiger partial charge in [-0.3, -0.25) is 4.79 Å². The monoisotopic (exact) mass is 252 g/mol. The molecule has 104 valence electrons. The van der Waals surface area contributed by atoms with Gasteiger partial charge in [0.1, 0.15) is 0 Å². The van der Waals surface area contributed by atoms with E-state index < -0.39 is 0 Å². The van der Waals surface area contributed by atoms with Gasteiger partial charge in [0.05, 0.1) is 5.41 Å². The molecule has 2 unspecified atom stereocenters. The molecule has 0 aromatic heterocycles. The fraction of sp³-hybridized carbons (Fsp3) is 0.933. The van der Waals surface area contributed by atoms with E-state index in [0.717, 1.165) is 31.7 Å². The second-order valence-electron chi connectivity index (χ2n) is 6.75. The number of hydrogen-bond donors (Lipinski definition) is 2. The number of nitrogens with one attached hydrogen (secondary N) is 1. The molecule has 0 radical (unpaired) electrons. The standard InChI is InChI=1S/C15H28N2O/c1-11-5-7-12(8-6-11)10-17-14(18)15(2)9-3-4-13(15)16/h11-13H,3-10,16H2,1-2H3,(H,17,18). The van der Waals surface area contributed by atoms with Crippen LogP contribution in [0.15, 0.2) is 0 Å². The molecule has 0 saturated heterocycles. The summed E-state index contributed by atoms with van der Waals surface area (Å²) in [4.78, 5) is 12.3. The van der Waals surface area contributed by atoms with Gasteiger partial charge in [-0.15, -0.1) is 0 Å². The van der Waals surface area contributed by atoms with E-state index in [2.05, 4.69) is 12.2 Å². The van der Waals surface area contributed by atoms with Crippen LogP contribution in [0.5, 0.6) is 0 Å². The summed E-state index contributed by atoms with van der Waals surface area (Å²) >= 11 is 0. The summed E-state index contributed by atoms with van der Waals surface area (Å²) in [5, 5.41) is 3.16. The maximum atomic E-state index is 12.3. The molecule has 0 aromatic carbocycles. The van der Waals surface area contributed by atoms with Crippen LogP contribution in [-0.2, 0) is 4.79 Å². The molecule has 0 heterocycles.